The molecule has 0 bridgehead atoms. The highest BCUT2D eigenvalue weighted by molar-refractivity contribution is 5.80. The second-order valence-corrected chi connectivity index (χ2v) is 6.53. The van der Waals surface area contributed by atoms with Gasteiger partial charge in [-0.15, -0.1) is 0 Å². The lowest BCUT2D eigenvalue weighted by molar-refractivity contribution is 0.246. The van der Waals surface area contributed by atoms with E-state index in [-0.39, 0.29) is 13.2 Å². The number of nitrogens with zero attached hydrogens (tertiary/aromatic N) is 2. The first-order valence-electron chi connectivity index (χ1n) is 9.41. The van der Waals surface area contributed by atoms with Crippen LogP contribution in [-0.2, 0) is 13.2 Å². The van der Waals surface area contributed by atoms with Crippen LogP contribution in [0.25, 0.3) is 11.1 Å². The largest absolute Gasteiger partial charge is 0.458 e. The van der Waals surface area contributed by atoms with Crippen molar-refractivity contribution in [3.05, 3.63) is 95.8 Å². The lowest BCUT2D eigenvalue weighted by Gasteiger charge is -2.03. The van der Waals surface area contributed by atoms with Gasteiger partial charge in [0.05, 0.1) is 23.8 Å². The molecule has 6 nitrogen and oxygen atoms in total. The number of aliphatic imine (C=N–C) groups is 2. The van der Waals surface area contributed by atoms with Gasteiger partial charge in [-0.3, -0.25) is 9.98 Å². The first-order chi connectivity index (χ1) is 14.7. The van der Waals surface area contributed by atoms with Gasteiger partial charge >= 0.3 is 0 Å². The van der Waals surface area contributed by atoms with Crippen LogP contribution in [0, 0.1) is 0 Å². The Bertz CT molecular complexity index is 1060. The molecule has 0 aliphatic heterocycles. The van der Waals surface area contributed by atoms with E-state index in [4.69, 9.17) is 19.0 Å². The Morgan fingerprint density at radius 1 is 0.567 bits per heavy atom. The highest BCUT2D eigenvalue weighted by Gasteiger charge is 2.01. The summed E-state index contributed by atoms with van der Waals surface area (Å²) in [4.78, 5) is 8.78. The van der Waals surface area contributed by atoms with Crippen molar-refractivity contribution in [1.29, 1.82) is 0 Å². The summed E-state index contributed by atoms with van der Waals surface area (Å²) < 4.78 is 10.8. The molecule has 30 heavy (non-hydrogen) atoms. The standard InChI is InChI=1S/C24H20N2O4/c27-15-23-11-9-21(29-23)13-25-19-5-1-17(2-6-19)18-3-7-20(8-4-18)26-14-22-10-12-24(16-28)30-22/h1-14,27-28H,15-16H2. The van der Waals surface area contributed by atoms with Crippen LogP contribution in [-0.4, -0.2) is 22.6 Å². The average molecular weight is 400 g/mol. The summed E-state index contributed by atoms with van der Waals surface area (Å²) in [7, 11) is 0. The van der Waals surface area contributed by atoms with Gasteiger partial charge in [-0.1, -0.05) is 24.3 Å². The number of aliphatic hydroxyl groups excluding tert-OH is 2. The van der Waals surface area contributed by atoms with Crippen LogP contribution in [0.5, 0.6) is 0 Å². The molecule has 0 saturated heterocycles. The Morgan fingerprint density at radius 2 is 0.967 bits per heavy atom. The highest BCUT2D eigenvalue weighted by atomic mass is 16.4. The van der Waals surface area contributed by atoms with Crippen LogP contribution in [0.15, 0.2) is 91.6 Å². The molecule has 150 valence electrons. The smallest absolute Gasteiger partial charge is 0.145 e. The van der Waals surface area contributed by atoms with Crippen molar-refractivity contribution >= 4 is 23.8 Å². The molecule has 2 heterocycles. The zero-order valence-corrected chi connectivity index (χ0v) is 16.1. The lowest BCUT2D eigenvalue weighted by atomic mass is 10.1. The number of furan rings is 2. The van der Waals surface area contributed by atoms with Crippen LogP contribution in [0.4, 0.5) is 11.4 Å². The van der Waals surface area contributed by atoms with Crippen molar-refractivity contribution in [2.45, 2.75) is 13.2 Å². The lowest BCUT2D eigenvalue weighted by Crippen LogP contribution is -1.79. The third-order valence-electron chi connectivity index (χ3n) is 4.43. The summed E-state index contributed by atoms with van der Waals surface area (Å²) in [6.07, 6.45) is 3.26. The molecule has 0 aliphatic carbocycles. The van der Waals surface area contributed by atoms with Crippen LogP contribution in [0.2, 0.25) is 0 Å². The second-order valence-electron chi connectivity index (χ2n) is 6.53. The Labute approximate surface area is 173 Å². The van der Waals surface area contributed by atoms with Gasteiger partial charge < -0.3 is 19.0 Å². The molecule has 2 N–H and O–H groups in total. The minimum Gasteiger partial charge on any atom is -0.458 e. The molecule has 0 aliphatic rings. The molecular weight excluding hydrogens is 380 g/mol. The quantitative estimate of drug-likeness (QED) is 0.426. The molecule has 4 rings (SSSR count). The van der Waals surface area contributed by atoms with E-state index in [0.29, 0.717) is 23.0 Å². The molecule has 0 fully saturated rings. The fourth-order valence-corrected chi connectivity index (χ4v) is 2.85. The molecule has 2 aromatic heterocycles. The Hall–Kier alpha value is -3.74. The minimum atomic E-state index is -0.125. The van der Waals surface area contributed by atoms with Crippen molar-refractivity contribution in [2.75, 3.05) is 0 Å². The fourth-order valence-electron chi connectivity index (χ4n) is 2.85. The molecule has 0 saturated carbocycles. The maximum Gasteiger partial charge on any atom is 0.145 e. The van der Waals surface area contributed by atoms with Crippen LogP contribution in [0.1, 0.15) is 23.0 Å². The third-order valence-corrected chi connectivity index (χ3v) is 4.43. The van der Waals surface area contributed by atoms with Crippen molar-refractivity contribution in [2.24, 2.45) is 9.98 Å². The summed E-state index contributed by atoms with van der Waals surface area (Å²) in [5, 5.41) is 18.1. The maximum atomic E-state index is 9.03. The van der Waals surface area contributed by atoms with Gasteiger partial charge in [0.25, 0.3) is 0 Å². The SMILES string of the molecule is OCc1ccc(C=Nc2ccc(-c3ccc(N=Cc4ccc(CO)o4)cc3)cc2)o1. The normalized spacial score (nSPS) is 11.7. The molecule has 2 aromatic carbocycles. The number of rotatable bonds is 7. The molecule has 4 aromatic rings. The molecule has 0 spiro atoms. The fraction of sp³-hybridized carbons (Fsp3) is 0.0833. The van der Waals surface area contributed by atoms with E-state index in [1.807, 2.05) is 48.5 Å². The predicted molar refractivity (Wildman–Crippen MR) is 116 cm³/mol. The van der Waals surface area contributed by atoms with Gasteiger partial charge in [-0.05, 0) is 59.7 Å². The molecule has 0 atom stereocenters. The second kappa shape index (κ2) is 9.17. The summed E-state index contributed by atoms with van der Waals surface area (Å²) in [6, 6.07) is 22.7. The van der Waals surface area contributed by atoms with Crippen molar-refractivity contribution in [1.82, 2.24) is 0 Å². The van der Waals surface area contributed by atoms with Crippen LogP contribution >= 0.6 is 0 Å². The monoisotopic (exact) mass is 400 g/mol. The molecule has 0 radical (unpaired) electrons. The first-order valence-corrected chi connectivity index (χ1v) is 9.41. The summed E-state index contributed by atoms with van der Waals surface area (Å²) in [5.74, 6) is 2.22. The Morgan fingerprint density at radius 3 is 1.30 bits per heavy atom. The van der Waals surface area contributed by atoms with Gasteiger partial charge in [0.1, 0.15) is 36.3 Å². The van der Waals surface area contributed by atoms with E-state index in [0.717, 1.165) is 22.5 Å². The van der Waals surface area contributed by atoms with Gasteiger partial charge in [0.15, 0.2) is 0 Å². The number of benzene rings is 2. The van der Waals surface area contributed by atoms with Crippen LogP contribution < -0.4 is 0 Å². The Kier molecular flexibility index (Phi) is 5.98. The van der Waals surface area contributed by atoms with Crippen molar-refractivity contribution in [3.63, 3.8) is 0 Å². The van der Waals surface area contributed by atoms with E-state index in [9.17, 15) is 0 Å². The van der Waals surface area contributed by atoms with Gasteiger partial charge in [-0.2, -0.15) is 0 Å². The zero-order chi connectivity index (χ0) is 20.8. The van der Waals surface area contributed by atoms with E-state index < -0.39 is 0 Å². The van der Waals surface area contributed by atoms with Gasteiger partial charge in [0.2, 0.25) is 0 Å². The van der Waals surface area contributed by atoms with Gasteiger partial charge in [-0.25, -0.2) is 0 Å². The van der Waals surface area contributed by atoms with Crippen LogP contribution in [0.3, 0.4) is 0 Å². The summed E-state index contributed by atoms with van der Waals surface area (Å²) >= 11 is 0. The Balaban J connectivity index is 1.41. The first kappa shape index (κ1) is 19.6. The molecule has 6 heteroatoms. The van der Waals surface area contributed by atoms with E-state index in [1.54, 1.807) is 36.7 Å². The average Bonchev–Trinajstić information content (AvgIpc) is 3.46. The highest BCUT2D eigenvalue weighted by Crippen LogP contribution is 2.25. The van der Waals surface area contributed by atoms with Crippen molar-refractivity contribution < 1.29 is 19.0 Å². The van der Waals surface area contributed by atoms with E-state index in [1.165, 1.54) is 0 Å². The van der Waals surface area contributed by atoms with E-state index >= 15 is 0 Å². The van der Waals surface area contributed by atoms with E-state index in [2.05, 4.69) is 9.98 Å². The zero-order valence-electron chi connectivity index (χ0n) is 16.1. The molecule has 0 amide bonds. The number of hydrogen-bond donors (Lipinski definition) is 2. The van der Waals surface area contributed by atoms with Crippen molar-refractivity contribution in [3.8, 4) is 11.1 Å². The maximum absolute atomic E-state index is 9.03. The number of hydrogen-bond acceptors (Lipinski definition) is 6. The summed E-state index contributed by atoms with van der Waals surface area (Å²) in [6.45, 7) is -0.250. The third kappa shape index (κ3) is 4.81. The topological polar surface area (TPSA) is 91.5 Å². The molecular formula is C24H20N2O4. The summed E-state index contributed by atoms with van der Waals surface area (Å²) in [5.41, 5.74) is 3.76. The predicted octanol–water partition coefficient (Wildman–Crippen LogP) is 5.03. The molecule has 0 unspecified atom stereocenters. The number of aliphatic hydroxyl groups is 2. The van der Waals surface area contributed by atoms with Gasteiger partial charge in [0, 0.05) is 0 Å². The minimum absolute atomic E-state index is 0.125.